The molecule has 0 bridgehead atoms. The minimum Gasteiger partial charge on any atom is -0.497 e. The van der Waals surface area contributed by atoms with E-state index in [9.17, 15) is 0 Å². The van der Waals surface area contributed by atoms with Crippen LogP contribution >= 0.6 is 15.9 Å². The van der Waals surface area contributed by atoms with Crippen LogP contribution in [0.15, 0.2) is 47.2 Å². The first kappa shape index (κ1) is 15.0. The molecule has 0 aliphatic rings. The largest absolute Gasteiger partial charge is 0.497 e. The molecule has 0 saturated carbocycles. The highest BCUT2D eigenvalue weighted by molar-refractivity contribution is 9.10. The van der Waals surface area contributed by atoms with Crippen molar-refractivity contribution < 1.29 is 4.74 Å². The van der Waals surface area contributed by atoms with Crippen LogP contribution in [-0.4, -0.2) is 18.6 Å². The minimum absolute atomic E-state index is 0.105. The molecule has 0 saturated heterocycles. The van der Waals surface area contributed by atoms with E-state index in [1.165, 1.54) is 0 Å². The molecular weight excluding hydrogens is 316 g/mol. The molecule has 20 heavy (non-hydrogen) atoms. The molecule has 0 fully saturated rings. The molecule has 0 aliphatic heterocycles. The van der Waals surface area contributed by atoms with Gasteiger partial charge in [0.05, 0.1) is 13.2 Å². The standard InChI is InChI=1S/C16H19BrN2O/c1-3-8-19-16(12-5-4-9-18-11-12)14-10-13(20-2)6-7-15(14)17/h4-7,9-11,16,19H,3,8H2,1-2H3. The summed E-state index contributed by atoms with van der Waals surface area (Å²) in [5.74, 6) is 0.857. The molecular formula is C16H19BrN2O. The first-order valence-electron chi connectivity index (χ1n) is 6.73. The lowest BCUT2D eigenvalue weighted by Gasteiger charge is -2.21. The highest BCUT2D eigenvalue weighted by Gasteiger charge is 2.17. The van der Waals surface area contributed by atoms with E-state index in [2.05, 4.69) is 45.3 Å². The zero-order valence-corrected chi connectivity index (χ0v) is 13.4. The molecule has 1 aromatic heterocycles. The minimum atomic E-state index is 0.105. The fraction of sp³-hybridized carbons (Fsp3) is 0.312. The lowest BCUT2D eigenvalue weighted by molar-refractivity contribution is 0.413. The molecule has 1 heterocycles. The van der Waals surface area contributed by atoms with E-state index in [0.717, 1.165) is 34.3 Å². The topological polar surface area (TPSA) is 34.2 Å². The van der Waals surface area contributed by atoms with Crippen molar-refractivity contribution in [2.45, 2.75) is 19.4 Å². The van der Waals surface area contributed by atoms with Gasteiger partial charge in [-0.25, -0.2) is 0 Å². The quantitative estimate of drug-likeness (QED) is 0.868. The van der Waals surface area contributed by atoms with Crippen LogP contribution in [0.1, 0.15) is 30.5 Å². The van der Waals surface area contributed by atoms with Gasteiger partial charge in [0.25, 0.3) is 0 Å². The van der Waals surface area contributed by atoms with Crippen LogP contribution in [0.2, 0.25) is 0 Å². The van der Waals surface area contributed by atoms with E-state index in [1.807, 2.05) is 24.4 Å². The summed E-state index contributed by atoms with van der Waals surface area (Å²) in [6.07, 6.45) is 4.78. The Labute approximate surface area is 128 Å². The second kappa shape index (κ2) is 7.41. The van der Waals surface area contributed by atoms with Gasteiger partial charge in [-0.1, -0.05) is 28.9 Å². The zero-order chi connectivity index (χ0) is 14.4. The first-order chi connectivity index (χ1) is 9.76. The van der Waals surface area contributed by atoms with Crippen molar-refractivity contribution in [1.82, 2.24) is 10.3 Å². The second-order valence-corrected chi connectivity index (χ2v) is 5.42. The lowest BCUT2D eigenvalue weighted by atomic mass is 10.00. The smallest absolute Gasteiger partial charge is 0.119 e. The molecule has 2 rings (SSSR count). The predicted molar refractivity (Wildman–Crippen MR) is 85.1 cm³/mol. The third-order valence-electron chi connectivity index (χ3n) is 3.13. The Morgan fingerprint density at radius 2 is 2.20 bits per heavy atom. The molecule has 1 N–H and O–H groups in total. The van der Waals surface area contributed by atoms with E-state index in [-0.39, 0.29) is 6.04 Å². The first-order valence-corrected chi connectivity index (χ1v) is 7.52. The summed E-state index contributed by atoms with van der Waals surface area (Å²) in [4.78, 5) is 4.22. The van der Waals surface area contributed by atoms with Gasteiger partial charge in [-0.2, -0.15) is 0 Å². The molecule has 0 radical (unpaired) electrons. The van der Waals surface area contributed by atoms with Crippen molar-refractivity contribution in [3.63, 3.8) is 0 Å². The summed E-state index contributed by atoms with van der Waals surface area (Å²) in [6.45, 7) is 3.11. The van der Waals surface area contributed by atoms with Gasteiger partial charge in [0.15, 0.2) is 0 Å². The third kappa shape index (κ3) is 3.58. The average Bonchev–Trinajstić information content (AvgIpc) is 2.50. The Hall–Kier alpha value is -1.39. The number of nitrogens with one attached hydrogen (secondary N) is 1. The number of methoxy groups -OCH3 is 1. The third-order valence-corrected chi connectivity index (χ3v) is 3.85. The van der Waals surface area contributed by atoms with Gasteiger partial charge >= 0.3 is 0 Å². The Bertz CT molecular complexity index is 545. The highest BCUT2D eigenvalue weighted by Crippen LogP contribution is 2.31. The van der Waals surface area contributed by atoms with Gasteiger partial charge < -0.3 is 10.1 Å². The molecule has 0 spiro atoms. The number of benzene rings is 1. The summed E-state index contributed by atoms with van der Waals surface area (Å²) < 4.78 is 6.40. The van der Waals surface area contributed by atoms with Gasteiger partial charge in [0.2, 0.25) is 0 Å². The SMILES string of the molecule is CCCNC(c1cccnc1)c1cc(OC)ccc1Br. The van der Waals surface area contributed by atoms with E-state index in [1.54, 1.807) is 13.3 Å². The number of aromatic nitrogens is 1. The number of nitrogens with zero attached hydrogens (tertiary/aromatic N) is 1. The van der Waals surface area contributed by atoms with Crippen LogP contribution in [0, 0.1) is 0 Å². The molecule has 106 valence electrons. The van der Waals surface area contributed by atoms with Crippen LogP contribution in [0.3, 0.4) is 0 Å². The van der Waals surface area contributed by atoms with Crippen molar-refractivity contribution in [1.29, 1.82) is 0 Å². The van der Waals surface area contributed by atoms with Crippen LogP contribution in [-0.2, 0) is 0 Å². The second-order valence-electron chi connectivity index (χ2n) is 4.56. The molecule has 4 heteroatoms. The van der Waals surface area contributed by atoms with Crippen LogP contribution < -0.4 is 10.1 Å². The van der Waals surface area contributed by atoms with Crippen molar-refractivity contribution in [3.05, 3.63) is 58.3 Å². The molecule has 1 unspecified atom stereocenters. The summed E-state index contributed by atoms with van der Waals surface area (Å²) >= 11 is 3.63. The van der Waals surface area contributed by atoms with Gasteiger partial charge in [0.1, 0.15) is 5.75 Å². The summed E-state index contributed by atoms with van der Waals surface area (Å²) in [6, 6.07) is 10.2. The van der Waals surface area contributed by atoms with Crippen LogP contribution in [0.5, 0.6) is 5.75 Å². The number of rotatable bonds is 6. The van der Waals surface area contributed by atoms with Gasteiger partial charge in [-0.3, -0.25) is 4.98 Å². The Morgan fingerprint density at radius 1 is 1.35 bits per heavy atom. The van der Waals surface area contributed by atoms with Crippen LogP contribution in [0.4, 0.5) is 0 Å². The van der Waals surface area contributed by atoms with Crippen LogP contribution in [0.25, 0.3) is 0 Å². The molecule has 1 aromatic carbocycles. The van der Waals surface area contributed by atoms with Gasteiger partial charge in [0, 0.05) is 16.9 Å². The fourth-order valence-corrected chi connectivity index (χ4v) is 2.59. The molecule has 0 aliphatic carbocycles. The number of ether oxygens (including phenoxy) is 1. The van der Waals surface area contributed by atoms with E-state index < -0.39 is 0 Å². The van der Waals surface area contributed by atoms with Crippen molar-refractivity contribution in [3.8, 4) is 5.75 Å². The van der Waals surface area contributed by atoms with E-state index in [0.29, 0.717) is 0 Å². The summed E-state index contributed by atoms with van der Waals surface area (Å²) in [5, 5.41) is 3.57. The highest BCUT2D eigenvalue weighted by atomic mass is 79.9. The van der Waals surface area contributed by atoms with Crippen molar-refractivity contribution in [2.75, 3.05) is 13.7 Å². The lowest BCUT2D eigenvalue weighted by Crippen LogP contribution is -2.23. The summed E-state index contributed by atoms with van der Waals surface area (Å²) in [7, 11) is 1.69. The fourth-order valence-electron chi connectivity index (χ4n) is 2.11. The number of halogens is 1. The van der Waals surface area contributed by atoms with E-state index in [4.69, 9.17) is 4.74 Å². The number of hydrogen-bond acceptors (Lipinski definition) is 3. The number of hydrogen-bond donors (Lipinski definition) is 1. The predicted octanol–water partition coefficient (Wildman–Crippen LogP) is 3.94. The Morgan fingerprint density at radius 3 is 2.85 bits per heavy atom. The maximum Gasteiger partial charge on any atom is 0.119 e. The maximum atomic E-state index is 5.34. The van der Waals surface area contributed by atoms with Gasteiger partial charge in [-0.05, 0) is 48.4 Å². The zero-order valence-electron chi connectivity index (χ0n) is 11.8. The molecule has 2 aromatic rings. The maximum absolute atomic E-state index is 5.34. The van der Waals surface area contributed by atoms with E-state index >= 15 is 0 Å². The Kier molecular flexibility index (Phi) is 5.56. The normalized spacial score (nSPS) is 12.2. The number of pyridine rings is 1. The average molecular weight is 335 g/mol. The molecule has 3 nitrogen and oxygen atoms in total. The molecule has 1 atom stereocenters. The van der Waals surface area contributed by atoms with Gasteiger partial charge in [-0.15, -0.1) is 0 Å². The van der Waals surface area contributed by atoms with Crippen molar-refractivity contribution >= 4 is 15.9 Å². The Balaban J connectivity index is 2.40. The molecule has 0 amide bonds. The summed E-state index contributed by atoms with van der Waals surface area (Å²) in [5.41, 5.74) is 2.31. The van der Waals surface area contributed by atoms with Crippen molar-refractivity contribution in [2.24, 2.45) is 0 Å². The monoisotopic (exact) mass is 334 g/mol.